The normalized spacial score (nSPS) is 21.1. The fourth-order valence-corrected chi connectivity index (χ4v) is 4.75. The second-order valence-electron chi connectivity index (χ2n) is 8.96. The Hall–Kier alpha value is -4.44. The Morgan fingerprint density at radius 2 is 1.55 bits per heavy atom. The SMILES string of the molecule is CC(=O)O[C@H]1[C@H](OC(C)=O)[C@H](OC(C)=O)CO[C@H]1Nc1c(-c2cccc3ccccc23)nc2ccccn12. The first kappa shape index (κ1) is 25.2. The highest BCUT2D eigenvalue weighted by atomic mass is 16.6. The summed E-state index contributed by atoms with van der Waals surface area (Å²) in [6, 6.07) is 19.6. The first-order chi connectivity index (χ1) is 18.3. The van der Waals surface area contributed by atoms with Gasteiger partial charge in [0.15, 0.2) is 24.5 Å². The van der Waals surface area contributed by atoms with Crippen LogP contribution in [0.25, 0.3) is 27.7 Å². The minimum absolute atomic E-state index is 0.0900. The summed E-state index contributed by atoms with van der Waals surface area (Å²) >= 11 is 0. The molecular formula is C28H27N3O7. The molecule has 2 aromatic carbocycles. The highest BCUT2D eigenvalue weighted by molar-refractivity contribution is 5.98. The van der Waals surface area contributed by atoms with E-state index in [1.165, 1.54) is 20.8 Å². The van der Waals surface area contributed by atoms with Crippen LogP contribution in [0.1, 0.15) is 20.8 Å². The van der Waals surface area contributed by atoms with Crippen molar-refractivity contribution in [2.24, 2.45) is 0 Å². The number of nitrogens with zero attached hydrogens (tertiary/aromatic N) is 2. The number of pyridine rings is 1. The van der Waals surface area contributed by atoms with Gasteiger partial charge in [0.2, 0.25) is 0 Å². The summed E-state index contributed by atoms with van der Waals surface area (Å²) in [7, 11) is 0. The third-order valence-corrected chi connectivity index (χ3v) is 6.20. The third-order valence-electron chi connectivity index (χ3n) is 6.20. The Morgan fingerprint density at radius 3 is 2.32 bits per heavy atom. The molecule has 4 aromatic rings. The molecule has 38 heavy (non-hydrogen) atoms. The van der Waals surface area contributed by atoms with Crippen LogP contribution in [-0.4, -0.2) is 58.4 Å². The molecule has 2 aromatic heterocycles. The van der Waals surface area contributed by atoms with Gasteiger partial charge in [-0.3, -0.25) is 18.8 Å². The average molecular weight is 518 g/mol. The molecule has 0 saturated carbocycles. The lowest BCUT2D eigenvalue weighted by Crippen LogP contribution is -2.59. The molecule has 0 radical (unpaired) electrons. The summed E-state index contributed by atoms with van der Waals surface area (Å²) in [4.78, 5) is 40.7. The van der Waals surface area contributed by atoms with Gasteiger partial charge in [0.05, 0.1) is 6.61 Å². The molecule has 10 nitrogen and oxygen atoms in total. The van der Waals surface area contributed by atoms with Gasteiger partial charge in [0.1, 0.15) is 17.2 Å². The maximum absolute atomic E-state index is 12.1. The van der Waals surface area contributed by atoms with E-state index in [9.17, 15) is 14.4 Å². The van der Waals surface area contributed by atoms with Crippen LogP contribution in [0.15, 0.2) is 66.9 Å². The Labute approximate surface area is 218 Å². The highest BCUT2D eigenvalue weighted by Crippen LogP contribution is 2.35. The number of carbonyl (C=O) groups excluding carboxylic acids is 3. The zero-order valence-corrected chi connectivity index (χ0v) is 21.1. The zero-order chi connectivity index (χ0) is 26.8. The first-order valence-corrected chi connectivity index (χ1v) is 12.2. The summed E-state index contributed by atoms with van der Waals surface area (Å²) in [5.74, 6) is -1.22. The van der Waals surface area contributed by atoms with Crippen molar-refractivity contribution in [2.75, 3.05) is 11.9 Å². The van der Waals surface area contributed by atoms with Crippen molar-refractivity contribution in [2.45, 2.75) is 45.3 Å². The summed E-state index contributed by atoms with van der Waals surface area (Å²) in [5.41, 5.74) is 2.24. The van der Waals surface area contributed by atoms with Gasteiger partial charge in [-0.2, -0.15) is 0 Å². The Morgan fingerprint density at radius 1 is 0.868 bits per heavy atom. The van der Waals surface area contributed by atoms with Crippen molar-refractivity contribution in [1.82, 2.24) is 9.38 Å². The largest absolute Gasteiger partial charge is 0.456 e. The van der Waals surface area contributed by atoms with Crippen LogP contribution in [0.4, 0.5) is 5.82 Å². The standard InChI is InChI=1S/C28H27N3O7/c1-16(32)36-22-15-35-28(26(38-18(3)34)25(22)37-17(2)33)30-27-24(29-23-13-6-7-14-31(23)27)21-12-8-10-19-9-4-5-11-20(19)21/h4-14,22,25-26,28,30H,15H2,1-3H3/t22-,25-,26+,28-/m1/s1. The molecule has 3 heterocycles. The molecule has 0 spiro atoms. The molecule has 5 rings (SSSR count). The van der Waals surface area contributed by atoms with E-state index in [2.05, 4.69) is 5.32 Å². The molecule has 0 aliphatic carbocycles. The number of esters is 3. The van der Waals surface area contributed by atoms with Gasteiger partial charge in [-0.15, -0.1) is 0 Å². The van der Waals surface area contributed by atoms with Crippen LogP contribution in [0, 0.1) is 0 Å². The molecule has 0 bridgehead atoms. The van der Waals surface area contributed by atoms with Crippen molar-refractivity contribution < 1.29 is 33.3 Å². The molecule has 10 heteroatoms. The van der Waals surface area contributed by atoms with E-state index in [0.29, 0.717) is 17.2 Å². The molecule has 1 N–H and O–H groups in total. The second kappa shape index (κ2) is 10.5. The molecule has 0 amide bonds. The van der Waals surface area contributed by atoms with E-state index in [-0.39, 0.29) is 6.61 Å². The summed E-state index contributed by atoms with van der Waals surface area (Å²) < 4.78 is 24.3. The fraction of sp³-hybridized carbons (Fsp3) is 0.286. The highest BCUT2D eigenvalue weighted by Gasteiger charge is 2.47. The number of anilines is 1. The van der Waals surface area contributed by atoms with E-state index in [4.69, 9.17) is 23.9 Å². The summed E-state index contributed by atoms with van der Waals surface area (Å²) in [5, 5.41) is 5.40. The number of hydrogen-bond acceptors (Lipinski definition) is 9. The number of aromatic nitrogens is 2. The van der Waals surface area contributed by atoms with Crippen LogP contribution >= 0.6 is 0 Å². The van der Waals surface area contributed by atoms with Crippen LogP contribution in [0.2, 0.25) is 0 Å². The van der Waals surface area contributed by atoms with Crippen molar-refractivity contribution in [1.29, 1.82) is 0 Å². The molecule has 0 unspecified atom stereocenters. The molecule has 4 atom stereocenters. The van der Waals surface area contributed by atoms with Gasteiger partial charge in [-0.1, -0.05) is 48.5 Å². The number of fused-ring (bicyclic) bond motifs is 2. The number of rotatable bonds is 6. The third kappa shape index (κ3) is 5.03. The molecular weight excluding hydrogens is 490 g/mol. The number of carbonyl (C=O) groups is 3. The monoisotopic (exact) mass is 517 g/mol. The van der Waals surface area contributed by atoms with Crippen molar-refractivity contribution in [3.05, 3.63) is 66.9 Å². The smallest absolute Gasteiger partial charge is 0.303 e. The first-order valence-electron chi connectivity index (χ1n) is 12.2. The van der Waals surface area contributed by atoms with Crippen molar-refractivity contribution in [3.63, 3.8) is 0 Å². The van der Waals surface area contributed by atoms with Gasteiger partial charge >= 0.3 is 17.9 Å². The topological polar surface area (TPSA) is 117 Å². The maximum atomic E-state index is 12.1. The minimum Gasteiger partial charge on any atom is -0.456 e. The van der Waals surface area contributed by atoms with Gasteiger partial charge in [0, 0.05) is 32.5 Å². The molecule has 1 aliphatic heterocycles. The van der Waals surface area contributed by atoms with Crippen molar-refractivity contribution >= 4 is 40.1 Å². The molecule has 1 aliphatic rings. The molecule has 196 valence electrons. The molecule has 1 fully saturated rings. The lowest BCUT2D eigenvalue weighted by molar-refractivity contribution is -0.221. The Kier molecular flexibility index (Phi) is 6.97. The van der Waals surface area contributed by atoms with Gasteiger partial charge in [-0.25, -0.2) is 4.98 Å². The fourth-order valence-electron chi connectivity index (χ4n) is 4.75. The Balaban J connectivity index is 1.60. The van der Waals surface area contributed by atoms with Crippen LogP contribution < -0.4 is 5.32 Å². The van der Waals surface area contributed by atoms with Gasteiger partial charge in [-0.05, 0) is 22.9 Å². The predicted octanol–water partition coefficient (Wildman–Crippen LogP) is 3.72. The summed E-state index contributed by atoms with van der Waals surface area (Å²) in [6.45, 7) is 3.63. The molecule has 1 saturated heterocycles. The van der Waals surface area contributed by atoms with Crippen LogP contribution in [-0.2, 0) is 33.3 Å². The maximum Gasteiger partial charge on any atom is 0.303 e. The quantitative estimate of drug-likeness (QED) is 0.302. The minimum atomic E-state index is -1.12. The van der Waals surface area contributed by atoms with Gasteiger partial charge in [0.25, 0.3) is 0 Å². The second-order valence-corrected chi connectivity index (χ2v) is 8.96. The number of hydrogen-bond donors (Lipinski definition) is 1. The van der Waals surface area contributed by atoms with E-state index < -0.39 is 42.4 Å². The van der Waals surface area contributed by atoms with E-state index in [1.807, 2.05) is 71.3 Å². The number of ether oxygens (including phenoxy) is 4. The van der Waals surface area contributed by atoms with Crippen LogP contribution in [0.5, 0.6) is 0 Å². The van der Waals surface area contributed by atoms with Crippen LogP contribution in [0.3, 0.4) is 0 Å². The average Bonchev–Trinajstić information content (AvgIpc) is 3.24. The number of nitrogens with one attached hydrogen (secondary N) is 1. The van der Waals surface area contributed by atoms with E-state index in [1.54, 1.807) is 0 Å². The van der Waals surface area contributed by atoms with E-state index >= 15 is 0 Å². The summed E-state index contributed by atoms with van der Waals surface area (Å²) in [6.07, 6.45) is -2.27. The van der Waals surface area contributed by atoms with E-state index in [0.717, 1.165) is 16.3 Å². The van der Waals surface area contributed by atoms with Gasteiger partial charge < -0.3 is 24.3 Å². The Bertz CT molecular complexity index is 1510. The van der Waals surface area contributed by atoms with Crippen molar-refractivity contribution in [3.8, 4) is 11.3 Å². The number of benzene rings is 2. The number of imidazole rings is 1. The lowest BCUT2D eigenvalue weighted by Gasteiger charge is -2.40. The lowest BCUT2D eigenvalue weighted by atomic mass is 10.0. The predicted molar refractivity (Wildman–Crippen MR) is 138 cm³/mol. The zero-order valence-electron chi connectivity index (χ0n) is 21.1.